The van der Waals surface area contributed by atoms with Crippen LogP contribution in [0.1, 0.15) is 27.3 Å². The molecule has 0 fully saturated rings. The lowest BCUT2D eigenvalue weighted by atomic mass is 10.0. The molecule has 0 spiro atoms. The number of carbonyl (C=O) groups excluding carboxylic acids is 1. The first-order chi connectivity index (χ1) is 12.8. The molecule has 0 unspecified atom stereocenters. The minimum atomic E-state index is -4.55. The van der Waals surface area contributed by atoms with Crippen molar-refractivity contribution in [3.8, 4) is 0 Å². The van der Waals surface area contributed by atoms with Crippen LogP contribution in [-0.4, -0.2) is 28.0 Å². The number of alkyl halides is 3. The maximum absolute atomic E-state index is 12.8. The Balaban J connectivity index is 1.98. The summed E-state index contributed by atoms with van der Waals surface area (Å²) in [5, 5.41) is 0.759. The number of fused-ring (bicyclic) bond motifs is 1. The number of methoxy groups -OCH3 is 1. The van der Waals surface area contributed by atoms with Crippen molar-refractivity contribution in [2.45, 2.75) is 24.0 Å². The van der Waals surface area contributed by atoms with Crippen LogP contribution in [0.3, 0.4) is 0 Å². The number of aromatic nitrogens is 3. The van der Waals surface area contributed by atoms with Gasteiger partial charge in [0.2, 0.25) is 0 Å². The SMILES string of the molecule is COC(=O)c1c(CSc2nccc(C(F)(F)F)n2)nc2ccccc2c1C. The van der Waals surface area contributed by atoms with Crippen LogP contribution >= 0.6 is 11.8 Å². The van der Waals surface area contributed by atoms with Gasteiger partial charge in [0.05, 0.1) is 23.9 Å². The second-order valence-corrected chi connectivity index (χ2v) is 6.52. The third-order valence-electron chi connectivity index (χ3n) is 3.88. The molecule has 0 radical (unpaired) electrons. The molecule has 27 heavy (non-hydrogen) atoms. The Labute approximate surface area is 157 Å². The number of para-hydroxylation sites is 1. The zero-order chi connectivity index (χ0) is 19.6. The van der Waals surface area contributed by atoms with Crippen molar-refractivity contribution in [3.63, 3.8) is 0 Å². The molecule has 0 N–H and O–H groups in total. The van der Waals surface area contributed by atoms with Crippen molar-refractivity contribution in [3.05, 3.63) is 59.0 Å². The van der Waals surface area contributed by atoms with E-state index in [4.69, 9.17) is 4.74 Å². The quantitative estimate of drug-likeness (QED) is 0.371. The zero-order valence-corrected chi connectivity index (χ0v) is 15.2. The number of halogens is 3. The molecule has 0 saturated carbocycles. The lowest BCUT2D eigenvalue weighted by molar-refractivity contribution is -0.141. The van der Waals surface area contributed by atoms with Crippen molar-refractivity contribution in [1.29, 1.82) is 0 Å². The normalized spacial score (nSPS) is 11.6. The first kappa shape index (κ1) is 19.1. The summed E-state index contributed by atoms with van der Waals surface area (Å²) in [6, 6.07) is 8.11. The number of nitrogens with zero attached hydrogens (tertiary/aromatic N) is 3. The van der Waals surface area contributed by atoms with Gasteiger partial charge in [-0.25, -0.2) is 14.8 Å². The number of esters is 1. The number of carbonyl (C=O) groups is 1. The van der Waals surface area contributed by atoms with Gasteiger partial charge in [-0.1, -0.05) is 30.0 Å². The number of aryl methyl sites for hydroxylation is 1. The van der Waals surface area contributed by atoms with Crippen LogP contribution in [0.5, 0.6) is 0 Å². The van der Waals surface area contributed by atoms with Gasteiger partial charge in [-0.15, -0.1) is 0 Å². The molecule has 5 nitrogen and oxygen atoms in total. The minimum absolute atomic E-state index is 0.0479. The molecule has 1 aromatic carbocycles. The Morgan fingerprint density at radius 2 is 1.93 bits per heavy atom. The maximum atomic E-state index is 12.8. The molecular formula is C18H14F3N3O2S. The van der Waals surface area contributed by atoms with Crippen molar-refractivity contribution in [2.75, 3.05) is 7.11 Å². The van der Waals surface area contributed by atoms with Crippen LogP contribution in [0.25, 0.3) is 10.9 Å². The van der Waals surface area contributed by atoms with Crippen molar-refractivity contribution in [2.24, 2.45) is 0 Å². The predicted molar refractivity (Wildman–Crippen MR) is 94.4 cm³/mol. The molecular weight excluding hydrogens is 379 g/mol. The molecule has 0 atom stereocenters. The summed E-state index contributed by atoms with van der Waals surface area (Å²) in [5.41, 5.74) is 1.08. The highest BCUT2D eigenvalue weighted by atomic mass is 32.2. The Kier molecular flexibility index (Phi) is 5.31. The molecule has 2 aromatic heterocycles. The molecule has 0 aliphatic heterocycles. The highest BCUT2D eigenvalue weighted by Gasteiger charge is 2.32. The Morgan fingerprint density at radius 3 is 2.63 bits per heavy atom. The molecule has 3 aromatic rings. The zero-order valence-electron chi connectivity index (χ0n) is 14.4. The van der Waals surface area contributed by atoms with Crippen LogP contribution in [0, 0.1) is 6.92 Å². The van der Waals surface area contributed by atoms with E-state index in [1.165, 1.54) is 7.11 Å². The van der Waals surface area contributed by atoms with Crippen LogP contribution in [0.2, 0.25) is 0 Å². The van der Waals surface area contributed by atoms with E-state index in [1.54, 1.807) is 13.0 Å². The highest BCUT2D eigenvalue weighted by molar-refractivity contribution is 7.98. The summed E-state index contributed by atoms with van der Waals surface area (Å²) in [6.45, 7) is 1.78. The number of thioether (sulfide) groups is 1. The molecule has 0 aliphatic carbocycles. The fourth-order valence-electron chi connectivity index (χ4n) is 2.62. The summed E-state index contributed by atoms with van der Waals surface area (Å²) < 4.78 is 43.3. The molecule has 2 heterocycles. The van der Waals surface area contributed by atoms with E-state index < -0.39 is 17.8 Å². The van der Waals surface area contributed by atoms with Crippen LogP contribution in [0.15, 0.2) is 41.7 Å². The van der Waals surface area contributed by atoms with E-state index in [0.717, 1.165) is 29.4 Å². The number of hydrogen-bond donors (Lipinski definition) is 0. The second-order valence-electron chi connectivity index (χ2n) is 5.58. The topological polar surface area (TPSA) is 65.0 Å². The summed E-state index contributed by atoms with van der Waals surface area (Å²) in [7, 11) is 1.27. The molecule has 0 aliphatic rings. The average molecular weight is 393 g/mol. The number of benzene rings is 1. The van der Waals surface area contributed by atoms with Gasteiger partial charge in [0.15, 0.2) is 5.16 Å². The van der Waals surface area contributed by atoms with Crippen LogP contribution in [-0.2, 0) is 16.7 Å². The van der Waals surface area contributed by atoms with Gasteiger partial charge < -0.3 is 4.74 Å². The van der Waals surface area contributed by atoms with E-state index in [2.05, 4.69) is 15.0 Å². The fraction of sp³-hybridized carbons (Fsp3) is 0.222. The molecule has 0 amide bonds. The summed E-state index contributed by atoms with van der Waals surface area (Å²) in [6.07, 6.45) is -3.49. The summed E-state index contributed by atoms with van der Waals surface area (Å²) in [5.74, 6) is -0.427. The molecule has 3 rings (SSSR count). The van der Waals surface area contributed by atoms with Gasteiger partial charge in [0, 0.05) is 17.3 Å². The maximum Gasteiger partial charge on any atom is 0.433 e. The third kappa shape index (κ3) is 4.02. The minimum Gasteiger partial charge on any atom is -0.465 e. The monoisotopic (exact) mass is 393 g/mol. The van der Waals surface area contributed by atoms with Crippen LogP contribution < -0.4 is 0 Å². The van der Waals surface area contributed by atoms with Crippen molar-refractivity contribution in [1.82, 2.24) is 15.0 Å². The molecule has 0 saturated heterocycles. The van der Waals surface area contributed by atoms with E-state index in [1.807, 2.05) is 18.2 Å². The lowest BCUT2D eigenvalue weighted by Crippen LogP contribution is -2.11. The highest BCUT2D eigenvalue weighted by Crippen LogP contribution is 2.30. The smallest absolute Gasteiger partial charge is 0.433 e. The van der Waals surface area contributed by atoms with Crippen molar-refractivity contribution >= 4 is 28.6 Å². The van der Waals surface area contributed by atoms with E-state index >= 15 is 0 Å². The Hall–Kier alpha value is -2.68. The lowest BCUT2D eigenvalue weighted by Gasteiger charge is -2.13. The van der Waals surface area contributed by atoms with Gasteiger partial charge in [0.1, 0.15) is 5.69 Å². The van der Waals surface area contributed by atoms with Gasteiger partial charge in [0.25, 0.3) is 0 Å². The number of rotatable bonds is 4. The van der Waals surface area contributed by atoms with Gasteiger partial charge >= 0.3 is 12.1 Å². The molecule has 0 bridgehead atoms. The van der Waals surface area contributed by atoms with Crippen molar-refractivity contribution < 1.29 is 22.7 Å². The number of hydrogen-bond acceptors (Lipinski definition) is 6. The first-order valence-corrected chi connectivity index (χ1v) is 8.79. The summed E-state index contributed by atoms with van der Waals surface area (Å²) in [4.78, 5) is 24.1. The van der Waals surface area contributed by atoms with Gasteiger partial charge in [-0.2, -0.15) is 13.2 Å². The van der Waals surface area contributed by atoms with E-state index in [9.17, 15) is 18.0 Å². The van der Waals surface area contributed by atoms with Gasteiger partial charge in [-0.05, 0) is 24.6 Å². The fourth-order valence-corrected chi connectivity index (χ4v) is 3.39. The van der Waals surface area contributed by atoms with E-state index in [-0.39, 0.29) is 10.9 Å². The summed E-state index contributed by atoms with van der Waals surface area (Å²) >= 11 is 0.971. The molecule has 9 heteroatoms. The first-order valence-electron chi connectivity index (χ1n) is 7.81. The average Bonchev–Trinajstić information content (AvgIpc) is 2.65. The predicted octanol–water partition coefficient (Wildman–Crippen LogP) is 4.43. The third-order valence-corrected chi connectivity index (χ3v) is 4.75. The largest absolute Gasteiger partial charge is 0.465 e. The molecule has 140 valence electrons. The van der Waals surface area contributed by atoms with E-state index in [0.29, 0.717) is 22.3 Å². The van der Waals surface area contributed by atoms with Gasteiger partial charge in [-0.3, -0.25) is 4.98 Å². The number of pyridine rings is 1. The number of ether oxygens (including phenoxy) is 1. The van der Waals surface area contributed by atoms with Crippen LogP contribution in [0.4, 0.5) is 13.2 Å². The Morgan fingerprint density at radius 1 is 1.19 bits per heavy atom. The second kappa shape index (κ2) is 7.51. The standard InChI is InChI=1S/C18H14F3N3O2S/c1-10-11-5-3-4-6-12(11)23-13(15(10)16(25)26-2)9-27-17-22-8-7-14(24-17)18(19,20)21/h3-8H,9H2,1-2H3. The Bertz CT molecular complexity index is 1010.